The Hall–Kier alpha value is -3.30. The first kappa shape index (κ1) is 22.9. The number of hydrogen-bond acceptors (Lipinski definition) is 7. The van der Waals surface area contributed by atoms with Crippen molar-refractivity contribution < 1.29 is 9.32 Å². The number of amides is 1. The summed E-state index contributed by atoms with van der Waals surface area (Å²) in [5, 5.41) is 7.13. The molecule has 1 aliphatic rings. The lowest BCUT2D eigenvalue weighted by Crippen LogP contribution is -2.35. The number of aromatic nitrogens is 5. The van der Waals surface area contributed by atoms with E-state index in [4.69, 9.17) is 4.52 Å². The van der Waals surface area contributed by atoms with Gasteiger partial charge in [-0.05, 0) is 37.2 Å². The van der Waals surface area contributed by atoms with Crippen molar-refractivity contribution in [1.82, 2.24) is 30.0 Å². The van der Waals surface area contributed by atoms with Crippen LogP contribution >= 0.6 is 0 Å². The van der Waals surface area contributed by atoms with Gasteiger partial charge < -0.3 is 9.84 Å². The zero-order chi connectivity index (χ0) is 23.9. The van der Waals surface area contributed by atoms with Gasteiger partial charge in [-0.25, -0.2) is 9.78 Å². The predicted molar refractivity (Wildman–Crippen MR) is 122 cm³/mol. The molecule has 0 spiro atoms. The van der Waals surface area contributed by atoms with Crippen molar-refractivity contribution in [2.24, 2.45) is 5.92 Å². The summed E-state index contributed by atoms with van der Waals surface area (Å²) in [5.41, 5.74) is -0.158. The SMILES string of the molecule is CCCn1c(=O)[nH]c(=O)c2c(C(=O)NC(c3nc(C4CC4)no3)C(C)C)cc(C(C)C)nc21. The van der Waals surface area contributed by atoms with Gasteiger partial charge in [-0.1, -0.05) is 39.8 Å². The quantitative estimate of drug-likeness (QED) is 0.534. The lowest BCUT2D eigenvalue weighted by molar-refractivity contribution is 0.0915. The highest BCUT2D eigenvalue weighted by atomic mass is 16.5. The minimum Gasteiger partial charge on any atom is -0.340 e. The van der Waals surface area contributed by atoms with Crippen molar-refractivity contribution in [3.8, 4) is 0 Å². The van der Waals surface area contributed by atoms with Crippen molar-refractivity contribution in [3.63, 3.8) is 0 Å². The maximum atomic E-state index is 13.5. The highest BCUT2D eigenvalue weighted by molar-refractivity contribution is 6.05. The standard InChI is InChI=1S/C23H30N6O4/c1-6-9-29-19-16(21(31)27-23(29)32)14(10-15(24-19)11(2)3)20(30)25-17(12(4)5)22-26-18(28-33-22)13-7-8-13/h10-13,17H,6-9H2,1-5H3,(H,25,30)(H,27,31,32). The fourth-order valence-corrected chi connectivity index (χ4v) is 3.81. The summed E-state index contributed by atoms with van der Waals surface area (Å²) >= 11 is 0. The number of fused-ring (bicyclic) bond motifs is 1. The van der Waals surface area contributed by atoms with Gasteiger partial charge in [-0.3, -0.25) is 19.1 Å². The second kappa shape index (κ2) is 8.92. The largest absolute Gasteiger partial charge is 0.340 e. The molecular formula is C23H30N6O4. The first-order valence-electron chi connectivity index (χ1n) is 11.5. The van der Waals surface area contributed by atoms with Gasteiger partial charge in [0.15, 0.2) is 11.5 Å². The van der Waals surface area contributed by atoms with Gasteiger partial charge in [-0.15, -0.1) is 0 Å². The number of aryl methyl sites for hydroxylation is 1. The Balaban J connectivity index is 1.81. The average Bonchev–Trinajstić information content (AvgIpc) is 3.50. The third kappa shape index (κ3) is 4.46. The van der Waals surface area contributed by atoms with E-state index < -0.39 is 23.2 Å². The van der Waals surface area contributed by atoms with Gasteiger partial charge in [0.05, 0.1) is 10.9 Å². The fraction of sp³-hybridized carbons (Fsp3) is 0.565. The maximum absolute atomic E-state index is 13.5. The summed E-state index contributed by atoms with van der Waals surface area (Å²) in [6, 6.07) is 1.10. The molecule has 2 N–H and O–H groups in total. The summed E-state index contributed by atoms with van der Waals surface area (Å²) in [7, 11) is 0. The molecule has 1 aliphatic carbocycles. The lowest BCUT2D eigenvalue weighted by Gasteiger charge is -2.20. The molecule has 3 heterocycles. The van der Waals surface area contributed by atoms with E-state index in [0.717, 1.165) is 12.8 Å². The number of rotatable bonds is 8. The third-order valence-corrected chi connectivity index (χ3v) is 5.87. The molecule has 4 rings (SSSR count). The normalized spacial score (nSPS) is 14.9. The molecule has 0 bridgehead atoms. The number of hydrogen-bond donors (Lipinski definition) is 2. The Kier molecular flexibility index (Phi) is 6.18. The molecule has 1 saturated carbocycles. The molecule has 3 aromatic heterocycles. The Labute approximate surface area is 190 Å². The first-order chi connectivity index (χ1) is 15.7. The van der Waals surface area contributed by atoms with Crippen LogP contribution in [0.25, 0.3) is 11.0 Å². The Morgan fingerprint density at radius 3 is 2.58 bits per heavy atom. The zero-order valence-electron chi connectivity index (χ0n) is 19.6. The summed E-state index contributed by atoms with van der Waals surface area (Å²) < 4.78 is 6.88. The molecule has 10 nitrogen and oxygen atoms in total. The smallest absolute Gasteiger partial charge is 0.329 e. The maximum Gasteiger partial charge on any atom is 0.329 e. The molecule has 1 atom stereocenters. The van der Waals surface area contributed by atoms with Crippen molar-refractivity contribution in [2.45, 2.75) is 78.3 Å². The van der Waals surface area contributed by atoms with Crippen LogP contribution in [0.3, 0.4) is 0 Å². The van der Waals surface area contributed by atoms with Crippen LogP contribution in [0.4, 0.5) is 0 Å². The van der Waals surface area contributed by atoms with Crippen LogP contribution in [0.15, 0.2) is 20.2 Å². The Bertz CT molecular complexity index is 1300. The van der Waals surface area contributed by atoms with Gasteiger partial charge in [0.2, 0.25) is 5.89 Å². The van der Waals surface area contributed by atoms with E-state index in [-0.39, 0.29) is 28.4 Å². The molecule has 3 aromatic rings. The number of pyridine rings is 1. The van der Waals surface area contributed by atoms with E-state index >= 15 is 0 Å². The molecule has 33 heavy (non-hydrogen) atoms. The number of nitrogens with one attached hydrogen (secondary N) is 2. The molecular weight excluding hydrogens is 424 g/mol. The molecule has 0 aliphatic heterocycles. The Morgan fingerprint density at radius 1 is 1.24 bits per heavy atom. The molecule has 1 fully saturated rings. The van der Waals surface area contributed by atoms with Crippen molar-refractivity contribution in [2.75, 3.05) is 0 Å². The molecule has 1 amide bonds. The number of aromatic amines is 1. The second-order valence-corrected chi connectivity index (χ2v) is 9.32. The van der Waals surface area contributed by atoms with Crippen LogP contribution < -0.4 is 16.6 Å². The minimum absolute atomic E-state index is 0.0108. The molecule has 176 valence electrons. The predicted octanol–water partition coefficient (Wildman–Crippen LogP) is 3.01. The first-order valence-corrected chi connectivity index (χ1v) is 11.5. The molecule has 10 heteroatoms. The van der Waals surface area contributed by atoms with Crippen LogP contribution in [-0.2, 0) is 6.54 Å². The van der Waals surface area contributed by atoms with Crippen LogP contribution in [0.5, 0.6) is 0 Å². The lowest BCUT2D eigenvalue weighted by atomic mass is 10.0. The summed E-state index contributed by atoms with van der Waals surface area (Å²) in [6.07, 6.45) is 2.76. The van der Waals surface area contributed by atoms with Crippen LogP contribution in [-0.4, -0.2) is 30.6 Å². The number of nitrogens with zero attached hydrogens (tertiary/aromatic N) is 4. The monoisotopic (exact) mass is 454 g/mol. The van der Waals surface area contributed by atoms with Crippen molar-refractivity contribution in [3.05, 3.63) is 49.9 Å². The zero-order valence-corrected chi connectivity index (χ0v) is 19.6. The minimum atomic E-state index is -0.634. The van der Waals surface area contributed by atoms with Crippen LogP contribution in [0.2, 0.25) is 0 Å². The average molecular weight is 455 g/mol. The topological polar surface area (TPSA) is 136 Å². The number of H-pyrrole nitrogens is 1. The van der Waals surface area contributed by atoms with Crippen molar-refractivity contribution >= 4 is 16.9 Å². The number of carbonyl (C=O) groups is 1. The second-order valence-electron chi connectivity index (χ2n) is 9.32. The highest BCUT2D eigenvalue weighted by Gasteiger charge is 2.32. The van der Waals surface area contributed by atoms with Crippen LogP contribution in [0.1, 0.15) is 99.5 Å². The molecule has 1 unspecified atom stereocenters. The van der Waals surface area contributed by atoms with E-state index in [1.54, 1.807) is 6.07 Å². The van der Waals surface area contributed by atoms with E-state index in [2.05, 4.69) is 25.4 Å². The van der Waals surface area contributed by atoms with Gasteiger partial charge in [0, 0.05) is 18.2 Å². The van der Waals surface area contributed by atoms with Crippen molar-refractivity contribution in [1.29, 1.82) is 0 Å². The van der Waals surface area contributed by atoms with E-state index in [9.17, 15) is 14.4 Å². The molecule has 0 saturated heterocycles. The van der Waals surface area contributed by atoms with Gasteiger partial charge in [0.1, 0.15) is 6.04 Å². The molecule has 0 radical (unpaired) electrons. The van der Waals surface area contributed by atoms with Gasteiger partial charge in [0.25, 0.3) is 11.5 Å². The van der Waals surface area contributed by atoms with E-state index in [1.807, 2.05) is 34.6 Å². The highest BCUT2D eigenvalue weighted by Crippen LogP contribution is 2.38. The third-order valence-electron chi connectivity index (χ3n) is 5.87. The Morgan fingerprint density at radius 2 is 1.97 bits per heavy atom. The molecule has 0 aromatic carbocycles. The van der Waals surface area contributed by atoms with Crippen LogP contribution in [0, 0.1) is 5.92 Å². The summed E-state index contributed by atoms with van der Waals surface area (Å²) in [4.78, 5) is 50.2. The number of carbonyl (C=O) groups excluding carboxylic acids is 1. The van der Waals surface area contributed by atoms with E-state index in [1.165, 1.54) is 4.57 Å². The van der Waals surface area contributed by atoms with Gasteiger partial charge >= 0.3 is 5.69 Å². The summed E-state index contributed by atoms with van der Waals surface area (Å²) in [6.45, 7) is 10.1. The van der Waals surface area contributed by atoms with Gasteiger partial charge in [-0.2, -0.15) is 4.98 Å². The summed E-state index contributed by atoms with van der Waals surface area (Å²) in [5.74, 6) is 0.846. The van der Waals surface area contributed by atoms with E-state index in [0.29, 0.717) is 36.3 Å². The fourth-order valence-electron chi connectivity index (χ4n) is 3.81.